The molecule has 0 saturated carbocycles. The molecule has 21 heavy (non-hydrogen) atoms. The molecule has 1 atom stereocenters. The van der Waals surface area contributed by atoms with E-state index in [1.807, 2.05) is 12.3 Å². The molecule has 3 rings (SSSR count). The van der Waals surface area contributed by atoms with E-state index in [0.29, 0.717) is 5.89 Å². The van der Waals surface area contributed by atoms with E-state index in [1.54, 1.807) is 0 Å². The van der Waals surface area contributed by atoms with Crippen molar-refractivity contribution in [3.63, 3.8) is 0 Å². The number of aromatic nitrogens is 1. The molecule has 0 saturated heterocycles. The van der Waals surface area contributed by atoms with Crippen LogP contribution in [0.15, 0.2) is 65.2 Å². The number of aryl methyl sites for hydroxylation is 1. The normalized spacial score (nSPS) is 12.3. The second-order valence-electron chi connectivity index (χ2n) is 5.31. The zero-order valence-corrected chi connectivity index (χ0v) is 12.4. The Morgan fingerprint density at radius 3 is 2.38 bits per heavy atom. The molecule has 2 nitrogen and oxygen atoms in total. The van der Waals surface area contributed by atoms with Crippen LogP contribution in [-0.2, 0) is 0 Å². The molecule has 0 aliphatic rings. The molecule has 1 heterocycles. The maximum atomic E-state index is 6.01. The summed E-state index contributed by atoms with van der Waals surface area (Å²) in [6.45, 7) is 4.25. The van der Waals surface area contributed by atoms with Gasteiger partial charge in [-0.1, -0.05) is 55.0 Å². The predicted molar refractivity (Wildman–Crippen MR) is 85.3 cm³/mol. The third-order valence-electron chi connectivity index (χ3n) is 3.78. The van der Waals surface area contributed by atoms with E-state index in [-0.39, 0.29) is 5.92 Å². The van der Waals surface area contributed by atoms with Crippen LogP contribution in [-0.4, -0.2) is 4.98 Å². The van der Waals surface area contributed by atoms with E-state index < -0.39 is 0 Å². The third kappa shape index (κ3) is 2.89. The Labute approximate surface area is 125 Å². The summed E-state index contributed by atoms with van der Waals surface area (Å²) in [6.07, 6.45) is 2.85. The highest BCUT2D eigenvalue weighted by Gasteiger charge is 2.17. The average molecular weight is 277 g/mol. The molecule has 106 valence electrons. The van der Waals surface area contributed by atoms with Crippen LogP contribution in [0, 0.1) is 6.92 Å². The molecule has 3 aromatic rings. The highest BCUT2D eigenvalue weighted by molar-refractivity contribution is 5.53. The van der Waals surface area contributed by atoms with Crippen molar-refractivity contribution in [2.24, 2.45) is 0 Å². The molecule has 0 N–H and O–H groups in total. The Kier molecular flexibility index (Phi) is 3.87. The second kappa shape index (κ2) is 5.96. The van der Waals surface area contributed by atoms with Crippen molar-refractivity contribution >= 4 is 0 Å². The predicted octanol–water partition coefficient (Wildman–Crippen LogP) is 5.19. The maximum Gasteiger partial charge on any atom is 0.226 e. The summed E-state index contributed by atoms with van der Waals surface area (Å²) < 4.78 is 6.01. The SMILES string of the molecule is CCC(c1ccccc1)c1cnc(-c2ccc(C)cc2)o1. The molecule has 0 amide bonds. The summed E-state index contributed by atoms with van der Waals surface area (Å²) in [5.41, 5.74) is 3.53. The van der Waals surface area contributed by atoms with Crippen LogP contribution in [0.4, 0.5) is 0 Å². The van der Waals surface area contributed by atoms with Crippen LogP contribution < -0.4 is 0 Å². The van der Waals surface area contributed by atoms with Crippen LogP contribution in [0.5, 0.6) is 0 Å². The first kappa shape index (κ1) is 13.6. The molecule has 1 unspecified atom stereocenters. The molecular weight excluding hydrogens is 258 g/mol. The number of oxazole rings is 1. The smallest absolute Gasteiger partial charge is 0.226 e. The number of hydrogen-bond acceptors (Lipinski definition) is 2. The Morgan fingerprint density at radius 2 is 1.71 bits per heavy atom. The van der Waals surface area contributed by atoms with Gasteiger partial charge in [0.25, 0.3) is 0 Å². The van der Waals surface area contributed by atoms with Crippen LogP contribution in [0.3, 0.4) is 0 Å². The van der Waals surface area contributed by atoms with Gasteiger partial charge in [-0.25, -0.2) is 4.98 Å². The molecule has 2 heteroatoms. The first-order valence-corrected chi connectivity index (χ1v) is 7.35. The highest BCUT2D eigenvalue weighted by Crippen LogP contribution is 2.30. The lowest BCUT2D eigenvalue weighted by Gasteiger charge is -2.11. The van der Waals surface area contributed by atoms with Gasteiger partial charge in [0.1, 0.15) is 5.76 Å². The minimum atomic E-state index is 0.262. The lowest BCUT2D eigenvalue weighted by Crippen LogP contribution is -1.97. The number of nitrogens with zero attached hydrogens (tertiary/aromatic N) is 1. The second-order valence-corrected chi connectivity index (χ2v) is 5.31. The average Bonchev–Trinajstić information content (AvgIpc) is 2.99. The maximum absolute atomic E-state index is 6.01. The Hall–Kier alpha value is -2.35. The van der Waals surface area contributed by atoms with Crippen molar-refractivity contribution in [2.45, 2.75) is 26.2 Å². The van der Waals surface area contributed by atoms with Gasteiger partial charge < -0.3 is 4.42 Å². The summed E-state index contributed by atoms with van der Waals surface area (Å²) in [5, 5.41) is 0. The number of benzene rings is 2. The molecule has 0 aliphatic carbocycles. The topological polar surface area (TPSA) is 26.0 Å². The van der Waals surface area contributed by atoms with Crippen LogP contribution >= 0.6 is 0 Å². The Morgan fingerprint density at radius 1 is 1.00 bits per heavy atom. The molecular formula is C19H19NO. The number of rotatable bonds is 4. The first-order chi connectivity index (χ1) is 10.3. The van der Waals surface area contributed by atoms with Gasteiger partial charge in [-0.2, -0.15) is 0 Å². The minimum absolute atomic E-state index is 0.262. The summed E-state index contributed by atoms with van der Waals surface area (Å²) in [7, 11) is 0. The van der Waals surface area contributed by atoms with Gasteiger partial charge in [-0.05, 0) is 31.0 Å². The van der Waals surface area contributed by atoms with Crippen molar-refractivity contribution in [1.29, 1.82) is 0 Å². The zero-order chi connectivity index (χ0) is 14.7. The van der Waals surface area contributed by atoms with Gasteiger partial charge >= 0.3 is 0 Å². The minimum Gasteiger partial charge on any atom is -0.441 e. The lowest BCUT2D eigenvalue weighted by atomic mass is 9.95. The van der Waals surface area contributed by atoms with Gasteiger partial charge in [0, 0.05) is 11.5 Å². The molecule has 0 spiro atoms. The van der Waals surface area contributed by atoms with Crippen molar-refractivity contribution < 1.29 is 4.42 Å². The molecule has 2 aromatic carbocycles. The Bertz CT molecular complexity index is 698. The molecule has 0 radical (unpaired) electrons. The van der Waals surface area contributed by atoms with E-state index >= 15 is 0 Å². The fourth-order valence-electron chi connectivity index (χ4n) is 2.56. The zero-order valence-electron chi connectivity index (χ0n) is 12.4. The van der Waals surface area contributed by atoms with Crippen molar-refractivity contribution in [1.82, 2.24) is 4.98 Å². The van der Waals surface area contributed by atoms with Gasteiger partial charge in [0.05, 0.1) is 6.20 Å². The summed E-state index contributed by atoms with van der Waals surface area (Å²) in [6, 6.07) is 18.7. The Balaban J connectivity index is 1.92. The van der Waals surface area contributed by atoms with Crippen LogP contribution in [0.25, 0.3) is 11.5 Å². The summed E-state index contributed by atoms with van der Waals surface area (Å²) >= 11 is 0. The molecule has 1 aromatic heterocycles. The van der Waals surface area contributed by atoms with E-state index in [9.17, 15) is 0 Å². The van der Waals surface area contributed by atoms with E-state index in [2.05, 4.69) is 67.4 Å². The fourth-order valence-corrected chi connectivity index (χ4v) is 2.56. The standard InChI is InChI=1S/C19H19NO/c1-3-17(15-7-5-4-6-8-15)18-13-20-19(21-18)16-11-9-14(2)10-12-16/h4-13,17H,3H2,1-2H3. The van der Waals surface area contributed by atoms with Crippen molar-refractivity contribution in [3.8, 4) is 11.5 Å². The van der Waals surface area contributed by atoms with E-state index in [1.165, 1.54) is 11.1 Å². The summed E-state index contributed by atoms with van der Waals surface area (Å²) in [4.78, 5) is 4.44. The third-order valence-corrected chi connectivity index (χ3v) is 3.78. The van der Waals surface area contributed by atoms with Crippen LogP contribution in [0.2, 0.25) is 0 Å². The number of hydrogen-bond donors (Lipinski definition) is 0. The van der Waals surface area contributed by atoms with Crippen molar-refractivity contribution in [2.75, 3.05) is 0 Å². The fraction of sp³-hybridized carbons (Fsp3) is 0.211. The van der Waals surface area contributed by atoms with Gasteiger partial charge in [0.15, 0.2) is 0 Å². The van der Waals surface area contributed by atoms with Gasteiger partial charge in [-0.15, -0.1) is 0 Å². The molecule has 0 bridgehead atoms. The monoisotopic (exact) mass is 277 g/mol. The molecule has 0 aliphatic heterocycles. The quantitative estimate of drug-likeness (QED) is 0.655. The highest BCUT2D eigenvalue weighted by atomic mass is 16.4. The van der Waals surface area contributed by atoms with Crippen molar-refractivity contribution in [3.05, 3.63) is 77.7 Å². The summed E-state index contributed by atoms with van der Waals surface area (Å²) in [5.74, 6) is 1.89. The van der Waals surface area contributed by atoms with E-state index in [4.69, 9.17) is 4.42 Å². The van der Waals surface area contributed by atoms with E-state index in [0.717, 1.165) is 17.7 Å². The van der Waals surface area contributed by atoms with Gasteiger partial charge in [0.2, 0.25) is 5.89 Å². The van der Waals surface area contributed by atoms with Crippen LogP contribution in [0.1, 0.15) is 36.1 Å². The lowest BCUT2D eigenvalue weighted by molar-refractivity contribution is 0.488. The molecule has 0 fully saturated rings. The largest absolute Gasteiger partial charge is 0.441 e. The van der Waals surface area contributed by atoms with Gasteiger partial charge in [-0.3, -0.25) is 0 Å². The first-order valence-electron chi connectivity index (χ1n) is 7.35.